The van der Waals surface area contributed by atoms with Gasteiger partial charge in [-0.15, -0.1) is 0 Å². The number of rotatable bonds is 9. The van der Waals surface area contributed by atoms with Crippen LogP contribution in [-0.2, 0) is 24.4 Å². The SMILES string of the molecule is O=C(CCO[C@H]1C[C@@H](O)C[C@@H](CO)O1)NCCCS(=O)(=O)O. The number of carbonyl (C=O) groups is 1. The average molecular weight is 341 g/mol. The Bertz CT molecular complexity index is 440. The molecule has 0 saturated carbocycles. The van der Waals surface area contributed by atoms with E-state index in [0.29, 0.717) is 6.42 Å². The summed E-state index contributed by atoms with van der Waals surface area (Å²) in [5.41, 5.74) is 0. The van der Waals surface area contributed by atoms with E-state index in [0.717, 1.165) is 0 Å². The smallest absolute Gasteiger partial charge is 0.264 e. The molecule has 1 rings (SSSR count). The van der Waals surface area contributed by atoms with Crippen molar-refractivity contribution in [3.05, 3.63) is 0 Å². The molecule has 1 amide bonds. The number of carbonyl (C=O) groups excluding carboxylic acids is 1. The summed E-state index contributed by atoms with van der Waals surface area (Å²) in [6.45, 7) is 0.0225. The third-order valence-corrected chi connectivity index (χ3v) is 3.89. The van der Waals surface area contributed by atoms with Gasteiger partial charge in [0.05, 0.1) is 37.6 Å². The lowest BCUT2D eigenvalue weighted by Crippen LogP contribution is -2.39. The van der Waals surface area contributed by atoms with Gasteiger partial charge in [0.2, 0.25) is 5.91 Å². The number of hydrogen-bond donors (Lipinski definition) is 4. The molecule has 22 heavy (non-hydrogen) atoms. The van der Waals surface area contributed by atoms with Gasteiger partial charge < -0.3 is 25.0 Å². The fourth-order valence-corrected chi connectivity index (χ4v) is 2.54. The van der Waals surface area contributed by atoms with Gasteiger partial charge >= 0.3 is 0 Å². The van der Waals surface area contributed by atoms with Crippen LogP contribution in [0.4, 0.5) is 0 Å². The van der Waals surface area contributed by atoms with Gasteiger partial charge in [0.1, 0.15) is 0 Å². The molecule has 0 aliphatic carbocycles. The Morgan fingerprint density at radius 3 is 2.73 bits per heavy atom. The average Bonchev–Trinajstić information content (AvgIpc) is 2.42. The van der Waals surface area contributed by atoms with Crippen molar-refractivity contribution in [1.82, 2.24) is 5.32 Å². The zero-order chi connectivity index (χ0) is 16.6. The highest BCUT2D eigenvalue weighted by Crippen LogP contribution is 2.20. The van der Waals surface area contributed by atoms with Crippen LogP contribution in [0.25, 0.3) is 0 Å². The molecule has 0 aromatic carbocycles. The van der Waals surface area contributed by atoms with E-state index in [2.05, 4.69) is 5.32 Å². The molecule has 1 heterocycles. The Labute approximate surface area is 129 Å². The first kappa shape index (κ1) is 19.3. The van der Waals surface area contributed by atoms with Gasteiger partial charge in [-0.3, -0.25) is 9.35 Å². The minimum atomic E-state index is -4.00. The maximum atomic E-state index is 11.5. The fraction of sp³-hybridized carbons (Fsp3) is 0.917. The van der Waals surface area contributed by atoms with Crippen molar-refractivity contribution in [2.75, 3.05) is 25.5 Å². The number of hydrogen-bond acceptors (Lipinski definition) is 7. The minimum absolute atomic E-state index is 0.0611. The molecule has 1 saturated heterocycles. The normalized spacial score (nSPS) is 25.9. The van der Waals surface area contributed by atoms with E-state index in [9.17, 15) is 18.3 Å². The second-order valence-corrected chi connectivity index (χ2v) is 6.68. The summed E-state index contributed by atoms with van der Waals surface area (Å²) in [4.78, 5) is 11.5. The molecule has 0 bridgehead atoms. The molecule has 130 valence electrons. The lowest BCUT2D eigenvalue weighted by Gasteiger charge is -2.31. The Morgan fingerprint density at radius 2 is 2.09 bits per heavy atom. The van der Waals surface area contributed by atoms with Gasteiger partial charge in [0.15, 0.2) is 6.29 Å². The van der Waals surface area contributed by atoms with Crippen molar-refractivity contribution < 1.29 is 37.5 Å². The lowest BCUT2D eigenvalue weighted by atomic mass is 10.1. The largest absolute Gasteiger partial charge is 0.394 e. The molecular formula is C12H23NO8S. The van der Waals surface area contributed by atoms with E-state index in [-0.39, 0.29) is 44.9 Å². The van der Waals surface area contributed by atoms with Crippen molar-refractivity contribution in [2.45, 2.75) is 44.2 Å². The summed E-state index contributed by atoms with van der Waals surface area (Å²) in [6, 6.07) is 0. The second-order valence-electron chi connectivity index (χ2n) is 5.11. The van der Waals surface area contributed by atoms with Crippen molar-refractivity contribution in [1.29, 1.82) is 0 Å². The van der Waals surface area contributed by atoms with Crippen LogP contribution in [0.3, 0.4) is 0 Å². The first-order valence-corrected chi connectivity index (χ1v) is 8.69. The first-order chi connectivity index (χ1) is 10.3. The van der Waals surface area contributed by atoms with Crippen molar-refractivity contribution >= 4 is 16.0 Å². The highest BCUT2D eigenvalue weighted by Gasteiger charge is 2.28. The van der Waals surface area contributed by atoms with Crippen LogP contribution in [-0.4, -0.2) is 73.1 Å². The molecule has 1 fully saturated rings. The highest BCUT2D eigenvalue weighted by atomic mass is 32.2. The number of aliphatic hydroxyl groups is 2. The second kappa shape index (κ2) is 9.38. The van der Waals surface area contributed by atoms with Gasteiger partial charge in [0, 0.05) is 19.4 Å². The number of nitrogens with one attached hydrogen (secondary N) is 1. The monoisotopic (exact) mass is 341 g/mol. The Balaban J connectivity index is 2.11. The predicted molar refractivity (Wildman–Crippen MR) is 75.6 cm³/mol. The van der Waals surface area contributed by atoms with E-state index in [1.165, 1.54) is 0 Å². The Morgan fingerprint density at radius 1 is 1.36 bits per heavy atom. The van der Waals surface area contributed by atoms with Gasteiger partial charge in [-0.25, -0.2) is 0 Å². The zero-order valence-corrected chi connectivity index (χ0v) is 13.0. The van der Waals surface area contributed by atoms with Gasteiger partial charge in [0.25, 0.3) is 10.1 Å². The van der Waals surface area contributed by atoms with E-state index in [1.807, 2.05) is 0 Å². The Kier molecular flexibility index (Phi) is 8.21. The van der Waals surface area contributed by atoms with Gasteiger partial charge in [-0.2, -0.15) is 8.42 Å². The van der Waals surface area contributed by atoms with Crippen molar-refractivity contribution in [3.8, 4) is 0 Å². The fourth-order valence-electron chi connectivity index (χ4n) is 2.03. The molecular weight excluding hydrogens is 318 g/mol. The molecule has 0 unspecified atom stereocenters. The van der Waals surface area contributed by atoms with E-state index >= 15 is 0 Å². The van der Waals surface area contributed by atoms with Crippen molar-refractivity contribution in [2.24, 2.45) is 0 Å². The molecule has 4 N–H and O–H groups in total. The molecule has 0 spiro atoms. The summed E-state index contributed by atoms with van der Waals surface area (Å²) < 4.78 is 40.2. The lowest BCUT2D eigenvalue weighted by molar-refractivity contribution is -0.221. The van der Waals surface area contributed by atoms with Crippen LogP contribution in [0.15, 0.2) is 0 Å². The minimum Gasteiger partial charge on any atom is -0.394 e. The van der Waals surface area contributed by atoms with Gasteiger partial charge in [-0.05, 0) is 6.42 Å². The highest BCUT2D eigenvalue weighted by molar-refractivity contribution is 7.85. The van der Waals surface area contributed by atoms with Crippen LogP contribution in [0.1, 0.15) is 25.7 Å². The summed E-state index contributed by atoms with van der Waals surface area (Å²) >= 11 is 0. The molecule has 0 aromatic heterocycles. The summed E-state index contributed by atoms with van der Waals surface area (Å²) in [5, 5.41) is 21.1. The molecule has 1 aliphatic heterocycles. The molecule has 3 atom stereocenters. The van der Waals surface area contributed by atoms with E-state index < -0.39 is 34.4 Å². The van der Waals surface area contributed by atoms with Crippen LogP contribution in [0.5, 0.6) is 0 Å². The zero-order valence-electron chi connectivity index (χ0n) is 12.2. The molecule has 10 heteroatoms. The summed E-state index contributed by atoms with van der Waals surface area (Å²) in [5.74, 6) is -0.717. The maximum absolute atomic E-state index is 11.5. The van der Waals surface area contributed by atoms with Crippen LogP contribution in [0.2, 0.25) is 0 Å². The summed E-state index contributed by atoms with van der Waals surface area (Å²) in [7, 11) is -4.00. The van der Waals surface area contributed by atoms with Gasteiger partial charge in [-0.1, -0.05) is 0 Å². The quantitative estimate of drug-likeness (QED) is 0.298. The van der Waals surface area contributed by atoms with Crippen LogP contribution >= 0.6 is 0 Å². The predicted octanol–water partition coefficient (Wildman–Crippen LogP) is -1.35. The molecule has 0 aromatic rings. The first-order valence-electron chi connectivity index (χ1n) is 7.08. The van der Waals surface area contributed by atoms with E-state index in [1.54, 1.807) is 0 Å². The standard InChI is InChI=1S/C12H23NO8S/c14-8-10-6-9(15)7-12(21-10)20-4-2-11(16)13-3-1-5-22(17,18)19/h9-10,12,14-15H,1-8H2,(H,13,16)(H,17,18,19)/t9-,10-,12+/m0/s1. The van der Waals surface area contributed by atoms with Crippen LogP contribution in [0, 0.1) is 0 Å². The third-order valence-electron chi connectivity index (χ3n) is 3.08. The number of amides is 1. The molecule has 1 aliphatic rings. The van der Waals surface area contributed by atoms with Crippen LogP contribution < -0.4 is 5.32 Å². The summed E-state index contributed by atoms with van der Waals surface area (Å²) in [6.07, 6.45) is -0.911. The van der Waals surface area contributed by atoms with Crippen molar-refractivity contribution in [3.63, 3.8) is 0 Å². The number of aliphatic hydroxyl groups excluding tert-OH is 2. The topological polar surface area (TPSA) is 142 Å². The molecule has 0 radical (unpaired) electrons. The Hall–Kier alpha value is -0.780. The number of ether oxygens (including phenoxy) is 2. The third kappa shape index (κ3) is 8.61. The maximum Gasteiger partial charge on any atom is 0.264 e. The van der Waals surface area contributed by atoms with E-state index in [4.69, 9.17) is 19.1 Å². The molecule has 9 nitrogen and oxygen atoms in total.